The monoisotopic (exact) mass is 167 g/mol. The van der Waals surface area contributed by atoms with Crippen LogP contribution in [0.4, 0.5) is 0 Å². The molecule has 0 rings (SSSR count). The third kappa shape index (κ3) is 8.96. The fraction of sp³-hybridized carbons (Fsp3) is 0. The Bertz CT molecular complexity index is 6.00. The number of hydrogen-bond acceptors (Lipinski definition) is 0. The van der Waals surface area contributed by atoms with Crippen LogP contribution in [-0.4, -0.2) is 0 Å². The molecule has 0 spiro atoms. The summed E-state index contributed by atoms with van der Waals surface area (Å²) >= 11 is 0. The molecule has 0 radical (unpaired) electrons. The van der Waals surface area contributed by atoms with Crippen LogP contribution in [0.2, 0.25) is 0 Å². The van der Waals surface area contributed by atoms with Gasteiger partial charge in [0.15, 0.2) is 0 Å². The molecule has 0 aromatic heterocycles. The van der Waals surface area contributed by atoms with Gasteiger partial charge in [0.25, 0.3) is 0 Å². The van der Waals surface area contributed by atoms with Crippen LogP contribution in [0.5, 0.6) is 0 Å². The normalized spacial score (nSPS) is 0. The molecule has 0 N–H and O–H groups in total. The first kappa shape index (κ1) is 36.6. The van der Waals surface area contributed by atoms with Crippen LogP contribution < -0.4 is 43.7 Å². The van der Waals surface area contributed by atoms with E-state index in [9.17, 15) is 0 Å². The molecule has 4 heavy (non-hydrogen) atoms. The zero-order valence-corrected chi connectivity index (χ0v) is 6.23. The second-order valence-corrected chi connectivity index (χ2v) is 0. The summed E-state index contributed by atoms with van der Waals surface area (Å²) in [7, 11) is 0. The summed E-state index contributed by atoms with van der Waals surface area (Å²) < 4.78 is 0. The largest absolute Gasteiger partial charge is 4.00 e. The van der Waals surface area contributed by atoms with E-state index >= 15 is 0 Å². The molecule has 0 unspecified atom stereocenters. The Hall–Kier alpha value is 2.06. The average molecular weight is 169 g/mol. The van der Waals surface area contributed by atoms with E-state index in [-0.39, 0.29) is 69.9 Å². The summed E-state index contributed by atoms with van der Waals surface area (Å²) in [6.07, 6.45) is 0. The minimum atomic E-state index is 0. The van der Waals surface area contributed by atoms with Crippen molar-refractivity contribution in [2.45, 2.75) is 0 Å². The van der Waals surface area contributed by atoms with E-state index in [0.717, 1.165) is 0 Å². The van der Waals surface area contributed by atoms with Gasteiger partial charge in [-0.05, 0) is 0 Å². The van der Waals surface area contributed by atoms with E-state index in [4.69, 9.17) is 0 Å². The van der Waals surface area contributed by atoms with Gasteiger partial charge < -0.3 is 24.8 Å². The SMILES string of the molecule is [Cl-].[Cl-].[Li+].[Zr+4]. The summed E-state index contributed by atoms with van der Waals surface area (Å²) in [6, 6.07) is 0. The van der Waals surface area contributed by atoms with Gasteiger partial charge in [-0.3, -0.25) is 0 Å². The summed E-state index contributed by atoms with van der Waals surface area (Å²) in [5.74, 6) is 0. The molecular weight excluding hydrogens is 169 g/mol. The van der Waals surface area contributed by atoms with Crippen LogP contribution in [0.1, 0.15) is 0 Å². The van der Waals surface area contributed by atoms with Gasteiger partial charge in [0.1, 0.15) is 0 Å². The molecule has 0 aromatic carbocycles. The van der Waals surface area contributed by atoms with Gasteiger partial charge in [-0.1, -0.05) is 0 Å². The third-order valence-corrected chi connectivity index (χ3v) is 0. The van der Waals surface area contributed by atoms with Crippen molar-refractivity contribution in [3.05, 3.63) is 0 Å². The van der Waals surface area contributed by atoms with E-state index < -0.39 is 0 Å². The van der Waals surface area contributed by atoms with Gasteiger partial charge in [-0.25, -0.2) is 0 Å². The molecule has 0 aliphatic carbocycles. The molecule has 16 valence electrons. The van der Waals surface area contributed by atoms with Gasteiger partial charge in [0, 0.05) is 0 Å². The average Bonchev–Trinajstić information content (AvgIpc) is 0. The first-order valence-corrected chi connectivity index (χ1v) is 0. The maximum absolute atomic E-state index is 0. The van der Waals surface area contributed by atoms with Crippen molar-refractivity contribution in [2.24, 2.45) is 0 Å². The summed E-state index contributed by atoms with van der Waals surface area (Å²) in [6.45, 7) is 0. The van der Waals surface area contributed by atoms with Crippen LogP contribution in [-0.2, 0) is 26.2 Å². The van der Waals surface area contributed by atoms with Crippen molar-refractivity contribution in [3.63, 3.8) is 0 Å². The van der Waals surface area contributed by atoms with Crippen molar-refractivity contribution in [2.75, 3.05) is 0 Å². The molecule has 0 aliphatic heterocycles. The summed E-state index contributed by atoms with van der Waals surface area (Å²) in [5.41, 5.74) is 0. The molecule has 0 amide bonds. The summed E-state index contributed by atoms with van der Waals surface area (Å²) in [5, 5.41) is 0. The van der Waals surface area contributed by atoms with Gasteiger partial charge >= 0.3 is 45.1 Å². The quantitative estimate of drug-likeness (QED) is 0.316. The predicted octanol–water partition coefficient (Wildman–Crippen LogP) is -8.99. The summed E-state index contributed by atoms with van der Waals surface area (Å²) in [4.78, 5) is 0. The van der Waals surface area contributed by atoms with Crippen LogP contribution in [0.25, 0.3) is 0 Å². The molecule has 0 aliphatic rings. The molecule has 0 heterocycles. The number of halogens is 2. The standard InChI is InChI=1S/2ClH.Li.Zr/h2*1H;;/q;;+1;+4/p-2. The van der Waals surface area contributed by atoms with Gasteiger partial charge in [-0.2, -0.15) is 0 Å². The molecule has 0 nitrogen and oxygen atoms in total. The maximum atomic E-state index is 0. The first-order valence-electron chi connectivity index (χ1n) is 0. The number of rotatable bonds is 0. The Morgan fingerprint density at radius 3 is 0.750 bits per heavy atom. The van der Waals surface area contributed by atoms with E-state index in [2.05, 4.69) is 0 Å². The van der Waals surface area contributed by atoms with Crippen LogP contribution in [0, 0.1) is 0 Å². The van der Waals surface area contributed by atoms with Gasteiger partial charge in [-0.15, -0.1) is 0 Å². The fourth-order valence-corrected chi connectivity index (χ4v) is 0. The molecule has 0 aromatic rings. The van der Waals surface area contributed by atoms with Crippen LogP contribution >= 0.6 is 0 Å². The van der Waals surface area contributed by atoms with Gasteiger partial charge in [0.05, 0.1) is 0 Å². The Labute approximate surface area is 69.2 Å². The van der Waals surface area contributed by atoms with Gasteiger partial charge in [0.2, 0.25) is 0 Å². The molecule has 0 fully saturated rings. The Kier molecular flexibility index (Phi) is 180. The smallest absolute Gasteiger partial charge is 1.00 e. The van der Waals surface area contributed by atoms with Crippen molar-refractivity contribution in [1.82, 2.24) is 0 Å². The van der Waals surface area contributed by atoms with Crippen LogP contribution in [0.3, 0.4) is 0 Å². The minimum Gasteiger partial charge on any atom is -1.00 e. The Morgan fingerprint density at radius 1 is 0.750 bits per heavy atom. The Morgan fingerprint density at radius 2 is 0.750 bits per heavy atom. The third-order valence-electron chi connectivity index (χ3n) is 0. The Balaban J connectivity index is 0. The minimum absolute atomic E-state index is 0. The van der Waals surface area contributed by atoms with E-state index in [1.54, 1.807) is 0 Å². The number of hydrogen-bond donors (Lipinski definition) is 0. The molecule has 4 heteroatoms. The molecule has 0 atom stereocenters. The molecule has 0 saturated carbocycles. The van der Waals surface area contributed by atoms with E-state index in [1.165, 1.54) is 0 Å². The topological polar surface area (TPSA) is 0 Å². The van der Waals surface area contributed by atoms with Crippen molar-refractivity contribution in [3.8, 4) is 0 Å². The predicted molar refractivity (Wildman–Crippen MR) is 0 cm³/mol. The van der Waals surface area contributed by atoms with Crippen molar-refractivity contribution >= 4 is 0 Å². The maximum Gasteiger partial charge on any atom is 4.00 e. The van der Waals surface area contributed by atoms with Crippen molar-refractivity contribution < 1.29 is 69.9 Å². The first-order chi connectivity index (χ1) is 0. The van der Waals surface area contributed by atoms with E-state index in [0.29, 0.717) is 0 Å². The zero-order valence-electron chi connectivity index (χ0n) is 2.26. The second-order valence-electron chi connectivity index (χ2n) is 0. The zero-order chi connectivity index (χ0) is 0. The second kappa shape index (κ2) is 19.7. The molecule has 0 bridgehead atoms. The van der Waals surface area contributed by atoms with Crippen LogP contribution in [0.15, 0.2) is 0 Å². The molecule has 0 saturated heterocycles. The molecular formula is Cl2LiZr+3. The van der Waals surface area contributed by atoms with E-state index in [1.807, 2.05) is 0 Å². The fourth-order valence-electron chi connectivity index (χ4n) is 0. The van der Waals surface area contributed by atoms with Crippen molar-refractivity contribution in [1.29, 1.82) is 0 Å².